The molecule has 0 saturated heterocycles. The van der Waals surface area contributed by atoms with Crippen LogP contribution in [0.2, 0.25) is 0 Å². The van der Waals surface area contributed by atoms with E-state index >= 15 is 0 Å². The minimum absolute atomic E-state index is 0.112. The number of carboxylic acids is 1. The van der Waals surface area contributed by atoms with Crippen LogP contribution >= 0.6 is 11.3 Å². The van der Waals surface area contributed by atoms with Crippen molar-refractivity contribution in [1.29, 1.82) is 0 Å². The van der Waals surface area contributed by atoms with Gasteiger partial charge in [0.25, 0.3) is 0 Å². The smallest absolute Gasteiger partial charge is 0.365 e. The summed E-state index contributed by atoms with van der Waals surface area (Å²) >= 11 is 1.16. The normalized spacial score (nSPS) is 11.0. The molecule has 1 N–H and O–H groups in total. The van der Waals surface area contributed by atoms with Crippen molar-refractivity contribution in [2.45, 2.75) is 13.8 Å². The molecule has 5 heteroatoms. The molecule has 0 saturated carbocycles. The molecule has 0 atom stereocenters. The van der Waals surface area contributed by atoms with E-state index in [-0.39, 0.29) is 5.01 Å². The van der Waals surface area contributed by atoms with Gasteiger partial charge in [0.15, 0.2) is 0 Å². The fraction of sp³-hybridized carbons (Fsp3) is 0.333. The van der Waals surface area contributed by atoms with Crippen molar-refractivity contribution >= 4 is 27.5 Å². The highest BCUT2D eigenvalue weighted by Gasteiger charge is 2.10. The summed E-state index contributed by atoms with van der Waals surface area (Å²) in [5.41, 5.74) is 0.698. The number of nitrogens with zero attached hydrogens (tertiary/aromatic N) is 1. The maximum atomic E-state index is 10.8. The Morgan fingerprint density at radius 1 is 1.53 bits per heavy atom. The van der Waals surface area contributed by atoms with E-state index in [1.807, 2.05) is 12.1 Å². The number of aromatic carboxylic acids is 1. The summed E-state index contributed by atoms with van der Waals surface area (Å²) in [7, 11) is 0. The Morgan fingerprint density at radius 3 is 2.94 bits per heavy atom. The molecule has 1 heterocycles. The maximum absolute atomic E-state index is 10.8. The number of aromatic nitrogens is 1. The van der Waals surface area contributed by atoms with E-state index in [2.05, 4.69) is 18.8 Å². The van der Waals surface area contributed by atoms with Crippen molar-refractivity contribution < 1.29 is 14.6 Å². The van der Waals surface area contributed by atoms with Crippen LogP contribution in [-0.4, -0.2) is 22.7 Å². The second-order valence-corrected chi connectivity index (χ2v) is 5.19. The Hall–Kier alpha value is -1.62. The molecule has 0 amide bonds. The first-order valence-electron chi connectivity index (χ1n) is 5.33. The SMILES string of the molecule is CC(C)COc1ccc2nc(C(=O)O)sc2c1. The van der Waals surface area contributed by atoms with Crippen LogP contribution in [0.1, 0.15) is 23.6 Å². The average molecular weight is 251 g/mol. The molecular weight excluding hydrogens is 238 g/mol. The number of fused-ring (bicyclic) bond motifs is 1. The van der Waals surface area contributed by atoms with Gasteiger partial charge in [-0.2, -0.15) is 0 Å². The molecule has 2 aromatic rings. The minimum atomic E-state index is -0.990. The lowest BCUT2D eigenvalue weighted by molar-refractivity contribution is 0.0696. The second-order valence-electron chi connectivity index (χ2n) is 4.16. The Kier molecular flexibility index (Phi) is 3.28. The molecule has 0 radical (unpaired) electrons. The predicted octanol–water partition coefficient (Wildman–Crippen LogP) is 3.03. The summed E-state index contributed by atoms with van der Waals surface area (Å²) in [6.45, 7) is 4.80. The van der Waals surface area contributed by atoms with Crippen LogP contribution in [0.15, 0.2) is 18.2 Å². The molecule has 1 aromatic carbocycles. The molecule has 90 valence electrons. The fourth-order valence-corrected chi connectivity index (χ4v) is 2.18. The molecule has 0 unspecified atom stereocenters. The molecule has 17 heavy (non-hydrogen) atoms. The lowest BCUT2D eigenvalue weighted by Gasteiger charge is -2.07. The quantitative estimate of drug-likeness (QED) is 0.907. The number of hydrogen-bond acceptors (Lipinski definition) is 4. The van der Waals surface area contributed by atoms with Gasteiger partial charge in [0.2, 0.25) is 5.01 Å². The third kappa shape index (κ3) is 2.74. The van der Waals surface area contributed by atoms with E-state index < -0.39 is 5.97 Å². The number of hydrogen-bond donors (Lipinski definition) is 1. The van der Waals surface area contributed by atoms with E-state index in [1.165, 1.54) is 0 Å². The van der Waals surface area contributed by atoms with Crippen LogP contribution in [-0.2, 0) is 0 Å². The van der Waals surface area contributed by atoms with Crippen LogP contribution in [0.25, 0.3) is 10.2 Å². The van der Waals surface area contributed by atoms with Gasteiger partial charge in [-0.05, 0) is 24.1 Å². The number of benzene rings is 1. The largest absolute Gasteiger partial charge is 0.493 e. The molecule has 4 nitrogen and oxygen atoms in total. The first kappa shape index (κ1) is 11.9. The van der Waals surface area contributed by atoms with Gasteiger partial charge in [0.1, 0.15) is 5.75 Å². The van der Waals surface area contributed by atoms with Crippen molar-refractivity contribution in [2.75, 3.05) is 6.61 Å². The number of ether oxygens (including phenoxy) is 1. The Labute approximate surface area is 103 Å². The lowest BCUT2D eigenvalue weighted by atomic mass is 10.2. The summed E-state index contributed by atoms with van der Waals surface area (Å²) in [5, 5.41) is 8.96. The van der Waals surface area contributed by atoms with Crippen LogP contribution in [0.3, 0.4) is 0 Å². The Morgan fingerprint density at radius 2 is 2.29 bits per heavy atom. The molecule has 0 aliphatic rings. The van der Waals surface area contributed by atoms with E-state index in [1.54, 1.807) is 6.07 Å². The number of rotatable bonds is 4. The molecule has 0 fully saturated rings. The second kappa shape index (κ2) is 4.71. The summed E-state index contributed by atoms with van der Waals surface area (Å²) in [6, 6.07) is 5.44. The topological polar surface area (TPSA) is 59.4 Å². The van der Waals surface area contributed by atoms with Crippen molar-refractivity contribution in [1.82, 2.24) is 4.98 Å². The standard InChI is InChI=1S/C12H13NO3S/c1-7(2)6-16-8-3-4-9-10(5-8)17-11(13-9)12(14)15/h3-5,7H,6H2,1-2H3,(H,14,15). The fourth-order valence-electron chi connectivity index (χ4n) is 1.35. The Balaban J connectivity index is 2.27. The molecule has 2 rings (SSSR count). The first-order chi connectivity index (χ1) is 8.06. The monoisotopic (exact) mass is 251 g/mol. The first-order valence-corrected chi connectivity index (χ1v) is 6.14. The summed E-state index contributed by atoms with van der Waals surface area (Å²) in [4.78, 5) is 14.8. The van der Waals surface area contributed by atoms with Gasteiger partial charge in [-0.25, -0.2) is 9.78 Å². The highest BCUT2D eigenvalue weighted by molar-refractivity contribution is 7.20. The predicted molar refractivity (Wildman–Crippen MR) is 66.9 cm³/mol. The van der Waals surface area contributed by atoms with Gasteiger partial charge in [0, 0.05) is 0 Å². The molecular formula is C12H13NO3S. The van der Waals surface area contributed by atoms with E-state index in [0.29, 0.717) is 18.0 Å². The third-order valence-corrected chi connectivity index (χ3v) is 3.13. The summed E-state index contributed by atoms with van der Waals surface area (Å²) in [6.07, 6.45) is 0. The zero-order valence-corrected chi connectivity index (χ0v) is 10.5. The molecule has 0 bridgehead atoms. The van der Waals surface area contributed by atoms with Crippen molar-refractivity contribution in [3.63, 3.8) is 0 Å². The van der Waals surface area contributed by atoms with Crippen LogP contribution < -0.4 is 4.74 Å². The van der Waals surface area contributed by atoms with Crippen LogP contribution in [0.4, 0.5) is 0 Å². The van der Waals surface area contributed by atoms with Gasteiger partial charge in [-0.1, -0.05) is 13.8 Å². The number of thiazole rings is 1. The molecule has 0 aliphatic carbocycles. The zero-order valence-electron chi connectivity index (χ0n) is 9.64. The van der Waals surface area contributed by atoms with Crippen LogP contribution in [0.5, 0.6) is 5.75 Å². The summed E-state index contributed by atoms with van der Waals surface area (Å²) < 4.78 is 6.41. The van der Waals surface area contributed by atoms with Gasteiger partial charge in [-0.15, -0.1) is 11.3 Å². The van der Waals surface area contributed by atoms with Gasteiger partial charge in [0.05, 0.1) is 16.8 Å². The number of carbonyl (C=O) groups is 1. The lowest BCUT2D eigenvalue weighted by Crippen LogP contribution is -2.04. The Bertz CT molecular complexity index is 548. The highest BCUT2D eigenvalue weighted by atomic mass is 32.1. The highest BCUT2D eigenvalue weighted by Crippen LogP contribution is 2.26. The molecule has 1 aromatic heterocycles. The minimum Gasteiger partial charge on any atom is -0.493 e. The van der Waals surface area contributed by atoms with E-state index in [4.69, 9.17) is 9.84 Å². The maximum Gasteiger partial charge on any atom is 0.365 e. The molecule has 0 aliphatic heterocycles. The van der Waals surface area contributed by atoms with Crippen LogP contribution in [0, 0.1) is 5.92 Å². The van der Waals surface area contributed by atoms with Crippen molar-refractivity contribution in [3.8, 4) is 5.75 Å². The van der Waals surface area contributed by atoms with E-state index in [9.17, 15) is 4.79 Å². The number of carboxylic acid groups (broad SMARTS) is 1. The average Bonchev–Trinajstić information content (AvgIpc) is 2.69. The van der Waals surface area contributed by atoms with Crippen molar-refractivity contribution in [2.24, 2.45) is 5.92 Å². The summed E-state index contributed by atoms with van der Waals surface area (Å²) in [5.74, 6) is 0.226. The van der Waals surface area contributed by atoms with Gasteiger partial charge >= 0.3 is 5.97 Å². The van der Waals surface area contributed by atoms with Crippen molar-refractivity contribution in [3.05, 3.63) is 23.2 Å². The third-order valence-electron chi connectivity index (χ3n) is 2.13. The van der Waals surface area contributed by atoms with Gasteiger partial charge in [-0.3, -0.25) is 0 Å². The zero-order chi connectivity index (χ0) is 12.4. The van der Waals surface area contributed by atoms with Gasteiger partial charge < -0.3 is 9.84 Å². The molecule has 0 spiro atoms. The van der Waals surface area contributed by atoms with E-state index in [0.717, 1.165) is 21.8 Å².